The molecule has 2 heterocycles. The van der Waals surface area contributed by atoms with Crippen molar-refractivity contribution < 1.29 is 4.74 Å². The predicted octanol–water partition coefficient (Wildman–Crippen LogP) is 2.68. The van der Waals surface area contributed by atoms with Gasteiger partial charge in [-0.2, -0.15) is 0 Å². The lowest BCUT2D eigenvalue weighted by Crippen LogP contribution is -2.38. The predicted molar refractivity (Wildman–Crippen MR) is 65.0 cm³/mol. The van der Waals surface area contributed by atoms with Crippen LogP contribution < -0.4 is 0 Å². The van der Waals surface area contributed by atoms with Crippen molar-refractivity contribution in [3.8, 4) is 0 Å². The van der Waals surface area contributed by atoms with Gasteiger partial charge in [0.15, 0.2) is 0 Å². The van der Waals surface area contributed by atoms with Crippen molar-refractivity contribution in [2.24, 2.45) is 0 Å². The van der Waals surface area contributed by atoms with Gasteiger partial charge < -0.3 is 4.74 Å². The first-order valence-corrected chi connectivity index (χ1v) is 6.95. The zero-order valence-electron chi connectivity index (χ0n) is 9.94. The molecule has 0 bridgehead atoms. The molecule has 4 nitrogen and oxygen atoms in total. The number of halogens is 1. The van der Waals surface area contributed by atoms with E-state index in [-0.39, 0.29) is 5.60 Å². The lowest BCUT2D eigenvalue weighted by atomic mass is 9.89. The lowest BCUT2D eigenvalue weighted by molar-refractivity contribution is -0.0911. The van der Waals surface area contributed by atoms with Gasteiger partial charge in [0.25, 0.3) is 0 Å². The zero-order valence-corrected chi connectivity index (χ0v) is 10.7. The van der Waals surface area contributed by atoms with Gasteiger partial charge in [0.2, 0.25) is 0 Å². The first-order valence-electron chi connectivity index (χ1n) is 6.42. The minimum atomic E-state index is 0.135. The van der Waals surface area contributed by atoms with Crippen molar-refractivity contribution in [2.45, 2.75) is 56.0 Å². The zero-order chi connectivity index (χ0) is 11.7. The third kappa shape index (κ3) is 2.20. The molecule has 1 saturated heterocycles. The normalized spacial score (nSPS) is 27.7. The summed E-state index contributed by atoms with van der Waals surface area (Å²) in [6.45, 7) is 0.848. The summed E-state index contributed by atoms with van der Waals surface area (Å²) in [4.78, 5) is 0. The van der Waals surface area contributed by atoms with Gasteiger partial charge in [-0.05, 0) is 25.7 Å². The number of nitrogens with zero attached hydrogens (tertiary/aromatic N) is 3. The Morgan fingerprint density at radius 1 is 1.47 bits per heavy atom. The summed E-state index contributed by atoms with van der Waals surface area (Å²) >= 11 is 5.76. The number of rotatable bonds is 2. The van der Waals surface area contributed by atoms with Crippen molar-refractivity contribution in [2.75, 3.05) is 6.61 Å². The largest absolute Gasteiger partial charge is 0.375 e. The van der Waals surface area contributed by atoms with Crippen molar-refractivity contribution in [3.63, 3.8) is 0 Å². The third-order valence-corrected chi connectivity index (χ3v) is 4.32. The van der Waals surface area contributed by atoms with Crippen LogP contribution in [0.2, 0.25) is 0 Å². The van der Waals surface area contributed by atoms with Gasteiger partial charge in [0.1, 0.15) is 0 Å². The summed E-state index contributed by atoms with van der Waals surface area (Å²) in [6.07, 6.45) is 9.12. The molecule has 17 heavy (non-hydrogen) atoms. The first-order chi connectivity index (χ1) is 8.31. The quantitative estimate of drug-likeness (QED) is 0.763. The number of alkyl halides is 1. The molecule has 0 aromatic carbocycles. The highest BCUT2D eigenvalue weighted by atomic mass is 35.5. The van der Waals surface area contributed by atoms with Crippen LogP contribution in [0.25, 0.3) is 0 Å². The average molecular weight is 256 g/mol. The molecular formula is C12H18ClN3O. The molecule has 0 N–H and O–H groups in total. The maximum Gasteiger partial charge on any atom is 0.0974 e. The van der Waals surface area contributed by atoms with Crippen LogP contribution >= 0.6 is 11.6 Å². The minimum Gasteiger partial charge on any atom is -0.375 e. The van der Waals surface area contributed by atoms with Crippen molar-refractivity contribution in [1.29, 1.82) is 0 Å². The summed E-state index contributed by atoms with van der Waals surface area (Å²) in [6, 6.07) is 0.436. The Bertz CT molecular complexity index is 387. The fourth-order valence-corrected chi connectivity index (χ4v) is 3.27. The molecular weight excluding hydrogens is 238 g/mol. The molecule has 1 aromatic heterocycles. The van der Waals surface area contributed by atoms with E-state index in [0.29, 0.717) is 11.9 Å². The second-order valence-electron chi connectivity index (χ2n) is 5.21. The summed E-state index contributed by atoms with van der Waals surface area (Å²) in [5.41, 5.74) is 0.995. The highest BCUT2D eigenvalue weighted by Crippen LogP contribution is 2.43. The fraction of sp³-hybridized carbons (Fsp3) is 0.833. The van der Waals surface area contributed by atoms with Crippen LogP contribution in [0.5, 0.6) is 0 Å². The highest BCUT2D eigenvalue weighted by Gasteiger charge is 2.40. The first kappa shape index (κ1) is 11.5. The van der Waals surface area contributed by atoms with Crippen molar-refractivity contribution in [1.82, 2.24) is 15.0 Å². The van der Waals surface area contributed by atoms with Crippen LogP contribution in [0.3, 0.4) is 0 Å². The molecule has 94 valence electrons. The molecule has 2 aliphatic rings. The van der Waals surface area contributed by atoms with E-state index in [4.69, 9.17) is 16.3 Å². The van der Waals surface area contributed by atoms with Gasteiger partial charge in [-0.15, -0.1) is 16.7 Å². The second kappa shape index (κ2) is 4.58. The van der Waals surface area contributed by atoms with Gasteiger partial charge in [0, 0.05) is 12.8 Å². The topological polar surface area (TPSA) is 39.9 Å². The molecule has 0 amide bonds. The number of aromatic nitrogens is 3. The molecule has 1 unspecified atom stereocenters. The number of hydrogen-bond acceptors (Lipinski definition) is 3. The molecule has 1 atom stereocenters. The Hall–Kier alpha value is -0.610. The Labute approximate surface area is 106 Å². The molecule has 1 aliphatic carbocycles. The Morgan fingerprint density at radius 3 is 3.00 bits per heavy atom. The number of ether oxygens (including phenoxy) is 1. The van der Waals surface area contributed by atoms with Crippen LogP contribution in [-0.2, 0) is 10.6 Å². The van der Waals surface area contributed by atoms with Gasteiger partial charge in [-0.1, -0.05) is 18.1 Å². The van der Waals surface area contributed by atoms with E-state index >= 15 is 0 Å². The van der Waals surface area contributed by atoms with Gasteiger partial charge in [-0.25, -0.2) is 4.68 Å². The molecule has 1 aromatic rings. The SMILES string of the molecule is ClCc1cn(C2CCOC3(CCCC3)C2)nn1. The lowest BCUT2D eigenvalue weighted by Gasteiger charge is -2.38. The van der Waals surface area contributed by atoms with Gasteiger partial charge in [0.05, 0.1) is 23.2 Å². The van der Waals surface area contributed by atoms with Gasteiger partial charge in [-0.3, -0.25) is 0 Å². The Morgan fingerprint density at radius 2 is 2.29 bits per heavy atom. The van der Waals surface area contributed by atoms with Crippen LogP contribution in [0, 0.1) is 0 Å². The molecule has 0 radical (unpaired) electrons. The maximum atomic E-state index is 6.02. The molecule has 1 spiro atoms. The summed E-state index contributed by atoms with van der Waals surface area (Å²) in [5, 5.41) is 8.26. The van der Waals surface area contributed by atoms with E-state index in [0.717, 1.165) is 25.1 Å². The minimum absolute atomic E-state index is 0.135. The molecule has 2 fully saturated rings. The van der Waals surface area contributed by atoms with Crippen LogP contribution in [-0.4, -0.2) is 27.2 Å². The van der Waals surface area contributed by atoms with E-state index in [1.165, 1.54) is 25.7 Å². The monoisotopic (exact) mass is 255 g/mol. The molecule has 5 heteroatoms. The van der Waals surface area contributed by atoms with Crippen LogP contribution in [0.15, 0.2) is 6.20 Å². The average Bonchev–Trinajstić information content (AvgIpc) is 2.99. The Kier molecular flexibility index (Phi) is 3.09. The summed E-state index contributed by atoms with van der Waals surface area (Å²) < 4.78 is 8.01. The van der Waals surface area contributed by atoms with E-state index in [1.807, 2.05) is 10.9 Å². The van der Waals surface area contributed by atoms with E-state index in [2.05, 4.69) is 10.3 Å². The second-order valence-corrected chi connectivity index (χ2v) is 5.48. The van der Waals surface area contributed by atoms with Gasteiger partial charge >= 0.3 is 0 Å². The maximum absolute atomic E-state index is 6.02. The summed E-state index contributed by atoms with van der Waals surface area (Å²) in [5.74, 6) is 0.439. The van der Waals surface area contributed by atoms with E-state index < -0.39 is 0 Å². The van der Waals surface area contributed by atoms with Crippen LogP contribution in [0.1, 0.15) is 50.3 Å². The highest BCUT2D eigenvalue weighted by molar-refractivity contribution is 6.16. The van der Waals surface area contributed by atoms with E-state index in [1.54, 1.807) is 0 Å². The smallest absolute Gasteiger partial charge is 0.0974 e. The molecule has 3 rings (SSSR count). The summed E-state index contributed by atoms with van der Waals surface area (Å²) in [7, 11) is 0. The number of hydrogen-bond donors (Lipinski definition) is 0. The van der Waals surface area contributed by atoms with Crippen molar-refractivity contribution >= 4 is 11.6 Å². The Balaban J connectivity index is 1.74. The fourth-order valence-electron chi connectivity index (χ4n) is 3.15. The molecule has 1 aliphatic heterocycles. The van der Waals surface area contributed by atoms with Crippen LogP contribution in [0.4, 0.5) is 0 Å². The third-order valence-electron chi connectivity index (χ3n) is 4.05. The molecule has 1 saturated carbocycles. The van der Waals surface area contributed by atoms with E-state index in [9.17, 15) is 0 Å². The standard InChI is InChI=1S/C12H18ClN3O/c13-8-10-9-16(15-14-10)11-3-6-17-12(7-11)4-1-2-5-12/h9,11H,1-8H2. The van der Waals surface area contributed by atoms with Crippen molar-refractivity contribution in [3.05, 3.63) is 11.9 Å².